The maximum absolute atomic E-state index is 13.4. The van der Waals surface area contributed by atoms with Crippen LogP contribution in [0.25, 0.3) is 22.3 Å². The molecule has 3 heterocycles. The molecule has 0 amide bonds. The third-order valence-corrected chi connectivity index (χ3v) is 7.37. The lowest BCUT2D eigenvalue weighted by Crippen LogP contribution is -2.58. The summed E-state index contributed by atoms with van der Waals surface area (Å²) in [5.74, 6) is -2.24. The van der Waals surface area contributed by atoms with Crippen LogP contribution in [0, 0.1) is 0 Å². The number of fused-ring (bicyclic) bond motifs is 1. The quantitative estimate of drug-likeness (QED) is 0.156. The first-order chi connectivity index (χ1) is 20.9. The lowest BCUT2D eigenvalue weighted by Gasteiger charge is -2.38. The van der Waals surface area contributed by atoms with E-state index >= 15 is 0 Å². The highest BCUT2D eigenvalue weighted by Crippen LogP contribution is 2.44. The molecule has 2 aromatic carbocycles. The molecule has 2 fully saturated rings. The van der Waals surface area contributed by atoms with Crippen molar-refractivity contribution in [3.8, 4) is 45.8 Å². The van der Waals surface area contributed by atoms with Crippen LogP contribution in [0.15, 0.2) is 33.5 Å². The molecule has 240 valence electrons. The van der Waals surface area contributed by atoms with Gasteiger partial charge in [0.05, 0.1) is 26.9 Å². The van der Waals surface area contributed by atoms with E-state index in [1.165, 1.54) is 33.3 Å². The minimum atomic E-state index is -1.68. The number of aliphatic hydroxyl groups is 6. The van der Waals surface area contributed by atoms with E-state index in [1.54, 1.807) is 0 Å². The fraction of sp³-hybridized carbons (Fsp3) is 0.464. The summed E-state index contributed by atoms with van der Waals surface area (Å²) in [6, 6.07) is 4.69. The van der Waals surface area contributed by atoms with Gasteiger partial charge >= 0.3 is 0 Å². The van der Waals surface area contributed by atoms with Gasteiger partial charge in [-0.2, -0.15) is 0 Å². The number of rotatable bonds is 7. The van der Waals surface area contributed by atoms with E-state index in [4.69, 9.17) is 32.8 Å². The van der Waals surface area contributed by atoms with Crippen molar-refractivity contribution in [2.75, 3.05) is 20.8 Å². The number of phenolic OH excluding ortho intramolecular Hbond substituents is 2. The van der Waals surface area contributed by atoms with Crippen molar-refractivity contribution < 1.29 is 73.7 Å². The number of aromatic hydroxyl groups is 2. The van der Waals surface area contributed by atoms with Crippen molar-refractivity contribution in [2.45, 2.75) is 62.2 Å². The normalized spacial score (nSPS) is 30.6. The molecule has 5 rings (SSSR count). The van der Waals surface area contributed by atoms with Crippen molar-refractivity contribution in [3.05, 3.63) is 34.5 Å². The second-order valence-corrected chi connectivity index (χ2v) is 10.3. The van der Waals surface area contributed by atoms with Crippen LogP contribution in [-0.2, 0) is 9.47 Å². The average Bonchev–Trinajstić information content (AvgIpc) is 2.98. The van der Waals surface area contributed by atoms with E-state index in [9.17, 15) is 45.6 Å². The molecule has 0 spiro atoms. The summed E-state index contributed by atoms with van der Waals surface area (Å²) in [5, 5.41) is 81.6. The first-order valence-corrected chi connectivity index (χ1v) is 13.3. The molecule has 2 aliphatic rings. The molecule has 9 atom stereocenters. The summed E-state index contributed by atoms with van der Waals surface area (Å²) in [6.45, 7) is 1.10. The molecule has 0 saturated carbocycles. The summed E-state index contributed by atoms with van der Waals surface area (Å²) in [4.78, 5) is 13.4. The lowest BCUT2D eigenvalue weighted by atomic mass is 10.00. The maximum atomic E-state index is 13.4. The van der Waals surface area contributed by atoms with E-state index in [0.717, 1.165) is 12.1 Å². The predicted molar refractivity (Wildman–Crippen MR) is 146 cm³/mol. The highest BCUT2D eigenvalue weighted by molar-refractivity contribution is 5.88. The molecule has 0 aliphatic carbocycles. The molecular formula is C28H32O16. The van der Waals surface area contributed by atoms with E-state index < -0.39 is 72.2 Å². The van der Waals surface area contributed by atoms with Gasteiger partial charge in [0.25, 0.3) is 0 Å². The van der Waals surface area contributed by atoms with Gasteiger partial charge in [0.2, 0.25) is 29.5 Å². The zero-order valence-electron chi connectivity index (χ0n) is 23.6. The third kappa shape index (κ3) is 5.57. The van der Waals surface area contributed by atoms with Crippen LogP contribution in [0.1, 0.15) is 6.92 Å². The molecule has 0 bridgehead atoms. The molecule has 16 heteroatoms. The van der Waals surface area contributed by atoms with Crippen molar-refractivity contribution in [1.82, 2.24) is 0 Å². The smallest absolute Gasteiger partial charge is 0.239 e. The minimum Gasteiger partial charge on any atom is -0.507 e. The van der Waals surface area contributed by atoms with Gasteiger partial charge in [0, 0.05) is 17.7 Å². The lowest BCUT2D eigenvalue weighted by molar-refractivity contribution is -0.268. The Bertz CT molecular complexity index is 1570. The van der Waals surface area contributed by atoms with Gasteiger partial charge in [0.1, 0.15) is 59.1 Å². The summed E-state index contributed by atoms with van der Waals surface area (Å²) in [7, 11) is 2.41. The van der Waals surface area contributed by atoms with Crippen LogP contribution < -0.4 is 24.4 Å². The molecule has 3 unspecified atom stereocenters. The maximum Gasteiger partial charge on any atom is 0.239 e. The van der Waals surface area contributed by atoms with Gasteiger partial charge < -0.3 is 73.7 Å². The number of phenols is 2. The Balaban J connectivity index is 1.57. The van der Waals surface area contributed by atoms with Gasteiger partial charge in [-0.15, -0.1) is 0 Å². The average molecular weight is 625 g/mol. The SMILES string of the molecule is COc1c(O)cc(-c2oc3cc(O[C@@H]4OC(C)[C@H](O)[C@H](O)C4O)cc(O)c3c(=O)c2OC)cc1O[C@@H]1OC[C@@H](O)[C@H](O)C1O. The Hall–Kier alpha value is -3.87. The largest absolute Gasteiger partial charge is 0.507 e. The molecule has 1 aromatic heterocycles. The number of ether oxygens (including phenoxy) is 6. The summed E-state index contributed by atoms with van der Waals surface area (Å²) < 4.78 is 38.5. The highest BCUT2D eigenvalue weighted by atomic mass is 16.7. The van der Waals surface area contributed by atoms with Gasteiger partial charge in [0.15, 0.2) is 17.3 Å². The third-order valence-electron chi connectivity index (χ3n) is 7.37. The Morgan fingerprint density at radius 3 is 2.14 bits per heavy atom. The number of benzene rings is 2. The molecule has 44 heavy (non-hydrogen) atoms. The molecule has 8 N–H and O–H groups in total. The monoisotopic (exact) mass is 624 g/mol. The number of methoxy groups -OCH3 is 2. The molecule has 2 aliphatic heterocycles. The fourth-order valence-corrected chi connectivity index (χ4v) is 4.97. The number of aliphatic hydroxyl groups excluding tert-OH is 6. The van der Waals surface area contributed by atoms with Crippen LogP contribution in [0.2, 0.25) is 0 Å². The van der Waals surface area contributed by atoms with E-state index in [1.807, 2.05) is 0 Å². The zero-order valence-corrected chi connectivity index (χ0v) is 23.6. The van der Waals surface area contributed by atoms with Crippen molar-refractivity contribution in [1.29, 1.82) is 0 Å². The second-order valence-electron chi connectivity index (χ2n) is 10.3. The summed E-state index contributed by atoms with van der Waals surface area (Å²) >= 11 is 0. The Morgan fingerprint density at radius 2 is 1.45 bits per heavy atom. The van der Waals surface area contributed by atoms with E-state index in [2.05, 4.69) is 0 Å². The van der Waals surface area contributed by atoms with Gasteiger partial charge in [-0.1, -0.05) is 0 Å². The molecule has 0 radical (unpaired) electrons. The summed E-state index contributed by atoms with van der Waals surface area (Å²) in [5.41, 5.74) is -1.03. The molecule has 3 aromatic rings. The van der Waals surface area contributed by atoms with Crippen LogP contribution in [0.4, 0.5) is 0 Å². The van der Waals surface area contributed by atoms with Crippen molar-refractivity contribution in [3.63, 3.8) is 0 Å². The molecule has 2 saturated heterocycles. The second kappa shape index (κ2) is 12.3. The minimum absolute atomic E-state index is 0.00261. The van der Waals surface area contributed by atoms with E-state index in [-0.39, 0.29) is 51.9 Å². The number of hydrogen-bond acceptors (Lipinski definition) is 16. The van der Waals surface area contributed by atoms with Crippen molar-refractivity contribution >= 4 is 11.0 Å². The molecule has 16 nitrogen and oxygen atoms in total. The summed E-state index contributed by atoms with van der Waals surface area (Å²) in [6.07, 6.45) is -13.1. The van der Waals surface area contributed by atoms with Crippen LogP contribution in [-0.4, -0.2) is 117 Å². The van der Waals surface area contributed by atoms with Crippen LogP contribution in [0.5, 0.6) is 34.5 Å². The Morgan fingerprint density at radius 1 is 0.773 bits per heavy atom. The van der Waals surface area contributed by atoms with Crippen molar-refractivity contribution in [2.24, 2.45) is 0 Å². The first kappa shape index (κ1) is 31.6. The zero-order chi connectivity index (χ0) is 32.0. The Labute approximate surface area is 248 Å². The van der Waals surface area contributed by atoms with Crippen LogP contribution >= 0.6 is 0 Å². The number of hydrogen-bond donors (Lipinski definition) is 8. The van der Waals surface area contributed by atoms with E-state index in [0.29, 0.717) is 0 Å². The molecular weight excluding hydrogens is 592 g/mol. The topological polar surface area (TPSA) is 247 Å². The van der Waals surface area contributed by atoms with Gasteiger partial charge in [-0.05, 0) is 19.1 Å². The first-order valence-electron chi connectivity index (χ1n) is 13.3. The Kier molecular flexibility index (Phi) is 8.79. The van der Waals surface area contributed by atoms with Gasteiger partial charge in [-0.3, -0.25) is 4.79 Å². The van der Waals surface area contributed by atoms with Gasteiger partial charge in [-0.25, -0.2) is 0 Å². The predicted octanol–water partition coefficient (Wildman–Crippen LogP) is -1.09. The van der Waals surface area contributed by atoms with Crippen LogP contribution in [0.3, 0.4) is 0 Å². The standard InChI is InChI=1S/C28H32O16/c1-9-18(32)21(35)23(37)28(41-9)42-11-6-12(29)17-15(7-11)43-24(26(39-3)20(17)34)10-4-13(30)25(38-2)16(5-10)44-27-22(36)19(33)14(31)8-40-27/h4-7,9,14,18-19,21-23,27-33,35-37H,8H2,1-3H3/t9?,14-,18+,19+,21+,22?,23?,27+,28+/m1/s1. The highest BCUT2D eigenvalue weighted by Gasteiger charge is 2.43. The fourth-order valence-electron chi connectivity index (χ4n) is 4.97.